The van der Waals surface area contributed by atoms with Gasteiger partial charge in [0, 0.05) is 13.5 Å². The van der Waals surface area contributed by atoms with Crippen LogP contribution in [0.5, 0.6) is 5.75 Å². The highest BCUT2D eigenvalue weighted by Crippen LogP contribution is 2.29. The number of amides is 1. The van der Waals surface area contributed by atoms with E-state index in [1.165, 1.54) is 37.3 Å². The molecule has 0 fully saturated rings. The van der Waals surface area contributed by atoms with Crippen molar-refractivity contribution < 1.29 is 28.8 Å². The molecule has 9 heteroatoms. The van der Waals surface area contributed by atoms with Crippen molar-refractivity contribution >= 4 is 23.9 Å². The number of nitro groups is 1. The van der Waals surface area contributed by atoms with E-state index in [2.05, 4.69) is 4.74 Å². The van der Waals surface area contributed by atoms with Crippen molar-refractivity contribution in [1.29, 1.82) is 0 Å². The quantitative estimate of drug-likeness (QED) is 0.193. The zero-order valence-corrected chi connectivity index (χ0v) is 14.8. The van der Waals surface area contributed by atoms with Crippen LogP contribution in [-0.4, -0.2) is 55.3 Å². The lowest BCUT2D eigenvalue weighted by Crippen LogP contribution is -2.32. The third-order valence-corrected chi connectivity index (χ3v) is 3.65. The van der Waals surface area contributed by atoms with Crippen molar-refractivity contribution in [2.45, 2.75) is 25.7 Å². The number of ether oxygens (including phenoxy) is 2. The summed E-state index contributed by atoms with van der Waals surface area (Å²) in [5.41, 5.74) is -0.381. The smallest absolute Gasteiger partial charge is 0.325 e. The summed E-state index contributed by atoms with van der Waals surface area (Å²) < 4.78 is 9.90. The van der Waals surface area contributed by atoms with Crippen molar-refractivity contribution in [3.8, 4) is 5.75 Å². The van der Waals surface area contributed by atoms with E-state index < -0.39 is 10.9 Å². The molecule has 0 N–H and O–H groups in total. The highest BCUT2D eigenvalue weighted by Gasteiger charge is 2.20. The first-order valence-electron chi connectivity index (χ1n) is 8.06. The third-order valence-electron chi connectivity index (χ3n) is 3.65. The van der Waals surface area contributed by atoms with Gasteiger partial charge in [0.15, 0.2) is 12.0 Å². The van der Waals surface area contributed by atoms with Gasteiger partial charge in [-0.2, -0.15) is 0 Å². The number of nitro benzene ring substituents is 1. The standard InChI is InChI=1S/C17H22N2O7/c1-18(11-16(22)25-2)15(21)9-4-3-5-10-26-14-8-6-7-13(12-20)17(14)19(23)24/h6-8,12H,3-5,9-11H2,1-2H3. The van der Waals surface area contributed by atoms with Crippen LogP contribution in [0, 0.1) is 10.1 Å². The number of methoxy groups -OCH3 is 1. The summed E-state index contributed by atoms with van der Waals surface area (Å²) in [5.74, 6) is -0.590. The first kappa shape index (κ1) is 21.1. The van der Waals surface area contributed by atoms with Gasteiger partial charge < -0.3 is 14.4 Å². The number of aldehydes is 1. The lowest BCUT2D eigenvalue weighted by atomic mass is 10.1. The summed E-state index contributed by atoms with van der Waals surface area (Å²) in [6, 6.07) is 4.31. The molecule has 26 heavy (non-hydrogen) atoms. The van der Waals surface area contributed by atoms with Gasteiger partial charge in [0.05, 0.1) is 24.2 Å². The van der Waals surface area contributed by atoms with E-state index >= 15 is 0 Å². The number of esters is 1. The molecule has 0 aromatic heterocycles. The molecule has 0 aliphatic rings. The summed E-state index contributed by atoms with van der Waals surface area (Å²) in [5, 5.41) is 11.1. The number of para-hydroxylation sites is 1. The van der Waals surface area contributed by atoms with E-state index in [9.17, 15) is 24.5 Å². The Hall–Kier alpha value is -2.97. The summed E-state index contributed by atoms with van der Waals surface area (Å²) in [7, 11) is 2.79. The Bertz CT molecular complexity index is 661. The maximum Gasteiger partial charge on any atom is 0.325 e. The number of likely N-dealkylation sites (N-methyl/N-ethyl adjacent to an activating group) is 1. The van der Waals surface area contributed by atoms with E-state index in [1.54, 1.807) is 0 Å². The van der Waals surface area contributed by atoms with Gasteiger partial charge in [-0.05, 0) is 31.4 Å². The van der Waals surface area contributed by atoms with Gasteiger partial charge in [-0.25, -0.2) is 0 Å². The molecule has 9 nitrogen and oxygen atoms in total. The normalized spacial score (nSPS) is 10.1. The molecule has 0 saturated heterocycles. The highest BCUT2D eigenvalue weighted by molar-refractivity contribution is 5.83. The fraction of sp³-hybridized carbons (Fsp3) is 0.471. The summed E-state index contributed by atoms with van der Waals surface area (Å²) in [6.07, 6.45) is 2.58. The minimum atomic E-state index is -0.644. The highest BCUT2D eigenvalue weighted by atomic mass is 16.6. The van der Waals surface area contributed by atoms with E-state index in [0.717, 1.165) is 0 Å². The van der Waals surface area contributed by atoms with Gasteiger partial charge in [-0.15, -0.1) is 0 Å². The molecule has 0 aliphatic heterocycles. The fourth-order valence-corrected chi connectivity index (χ4v) is 2.22. The maximum absolute atomic E-state index is 11.8. The van der Waals surface area contributed by atoms with Gasteiger partial charge in [0.1, 0.15) is 6.54 Å². The lowest BCUT2D eigenvalue weighted by Gasteiger charge is -2.15. The van der Waals surface area contributed by atoms with Gasteiger partial charge in [-0.3, -0.25) is 24.5 Å². The number of hydrogen-bond acceptors (Lipinski definition) is 7. The lowest BCUT2D eigenvalue weighted by molar-refractivity contribution is -0.386. The summed E-state index contributed by atoms with van der Waals surface area (Å²) >= 11 is 0. The van der Waals surface area contributed by atoms with Crippen LogP contribution in [-0.2, 0) is 14.3 Å². The van der Waals surface area contributed by atoms with Crippen LogP contribution in [0.25, 0.3) is 0 Å². The number of benzene rings is 1. The second-order valence-corrected chi connectivity index (χ2v) is 5.55. The van der Waals surface area contributed by atoms with Crippen LogP contribution in [0.2, 0.25) is 0 Å². The SMILES string of the molecule is COC(=O)CN(C)C(=O)CCCCCOc1cccc(C=O)c1[N+](=O)[O-]. The van der Waals surface area contributed by atoms with Crippen molar-refractivity contribution in [1.82, 2.24) is 4.90 Å². The molecule has 142 valence electrons. The molecule has 0 unspecified atom stereocenters. The molecule has 0 heterocycles. The Morgan fingerprint density at radius 1 is 1.27 bits per heavy atom. The van der Waals surface area contributed by atoms with Crippen LogP contribution in [0.4, 0.5) is 5.69 Å². The third kappa shape index (κ3) is 6.50. The molecular weight excluding hydrogens is 344 g/mol. The zero-order valence-electron chi connectivity index (χ0n) is 14.8. The average Bonchev–Trinajstić information content (AvgIpc) is 2.63. The summed E-state index contributed by atoms with van der Waals surface area (Å²) in [6.45, 7) is 0.143. The second-order valence-electron chi connectivity index (χ2n) is 5.55. The van der Waals surface area contributed by atoms with E-state index in [4.69, 9.17) is 4.74 Å². The van der Waals surface area contributed by atoms with Gasteiger partial charge in [0.25, 0.3) is 0 Å². The van der Waals surface area contributed by atoms with E-state index in [1.807, 2.05) is 0 Å². The van der Waals surface area contributed by atoms with Crippen molar-refractivity contribution in [3.05, 3.63) is 33.9 Å². The van der Waals surface area contributed by atoms with Crippen LogP contribution in [0.1, 0.15) is 36.0 Å². The molecule has 0 spiro atoms. The Morgan fingerprint density at radius 2 is 2.00 bits per heavy atom. The number of hydrogen-bond donors (Lipinski definition) is 0. The molecular formula is C17H22N2O7. The van der Waals surface area contributed by atoms with Crippen LogP contribution >= 0.6 is 0 Å². The maximum atomic E-state index is 11.8. The number of rotatable bonds is 11. The molecule has 1 rings (SSSR count). The number of carbonyl (C=O) groups is 3. The van der Waals surface area contributed by atoms with E-state index in [0.29, 0.717) is 25.5 Å². The molecule has 0 aliphatic carbocycles. The summed E-state index contributed by atoms with van der Waals surface area (Å²) in [4.78, 5) is 45.5. The Labute approximate surface area is 151 Å². The number of nitrogens with zero attached hydrogens (tertiary/aromatic N) is 2. The minimum Gasteiger partial charge on any atom is -0.487 e. The first-order valence-corrected chi connectivity index (χ1v) is 8.06. The Kier molecular flexibility index (Phi) is 8.76. The van der Waals surface area contributed by atoms with Crippen molar-refractivity contribution in [2.75, 3.05) is 27.3 Å². The fourth-order valence-electron chi connectivity index (χ4n) is 2.22. The molecule has 0 atom stereocenters. The molecule has 1 aromatic carbocycles. The molecule has 0 bridgehead atoms. The monoisotopic (exact) mass is 366 g/mol. The zero-order chi connectivity index (χ0) is 19.5. The second kappa shape index (κ2) is 10.8. The van der Waals surface area contributed by atoms with Gasteiger partial charge in [-0.1, -0.05) is 6.07 Å². The molecule has 1 aromatic rings. The van der Waals surface area contributed by atoms with Crippen molar-refractivity contribution in [3.63, 3.8) is 0 Å². The predicted molar refractivity (Wildman–Crippen MR) is 92.1 cm³/mol. The van der Waals surface area contributed by atoms with Gasteiger partial charge >= 0.3 is 11.7 Å². The Morgan fingerprint density at radius 3 is 2.62 bits per heavy atom. The first-order chi connectivity index (χ1) is 12.4. The van der Waals surface area contributed by atoms with Crippen molar-refractivity contribution in [2.24, 2.45) is 0 Å². The number of carbonyl (C=O) groups excluding carboxylic acids is 3. The molecule has 1 amide bonds. The van der Waals surface area contributed by atoms with E-state index in [-0.39, 0.29) is 42.5 Å². The van der Waals surface area contributed by atoms with Crippen LogP contribution < -0.4 is 4.74 Å². The predicted octanol–water partition coefficient (Wildman–Crippen LogP) is 1.98. The van der Waals surface area contributed by atoms with Gasteiger partial charge in [0.2, 0.25) is 5.91 Å². The topological polar surface area (TPSA) is 116 Å². The van der Waals surface area contributed by atoms with Crippen LogP contribution in [0.15, 0.2) is 18.2 Å². The number of unbranched alkanes of at least 4 members (excludes halogenated alkanes) is 2. The molecule has 0 radical (unpaired) electrons. The molecule has 0 saturated carbocycles. The minimum absolute atomic E-state index is 0.0354. The largest absolute Gasteiger partial charge is 0.487 e. The average molecular weight is 366 g/mol. The Balaban J connectivity index is 2.36. The van der Waals surface area contributed by atoms with Crippen LogP contribution in [0.3, 0.4) is 0 Å².